The van der Waals surface area contributed by atoms with Crippen molar-refractivity contribution < 1.29 is 4.79 Å². The highest BCUT2D eigenvalue weighted by Gasteiger charge is 2.18. The van der Waals surface area contributed by atoms with Gasteiger partial charge in [0.15, 0.2) is 0 Å². The third-order valence-electron chi connectivity index (χ3n) is 3.31. The van der Waals surface area contributed by atoms with Crippen LogP contribution in [0.2, 0.25) is 0 Å². The summed E-state index contributed by atoms with van der Waals surface area (Å²) in [5, 5.41) is 2.91. The Bertz CT molecular complexity index is 552. The fraction of sp³-hybridized carbons (Fsp3) is 0.583. The first-order valence-corrected chi connectivity index (χ1v) is 6.17. The van der Waals surface area contributed by atoms with Gasteiger partial charge in [-0.25, -0.2) is 4.79 Å². The molecule has 1 amide bonds. The molecule has 0 saturated heterocycles. The number of aromatic nitrogens is 2. The highest BCUT2D eigenvalue weighted by Crippen LogP contribution is 2.17. The molecular weight excluding hydrogens is 234 g/mol. The van der Waals surface area contributed by atoms with Crippen molar-refractivity contribution in [2.24, 2.45) is 0 Å². The number of nitrogens with one attached hydrogen (secondary N) is 3. The first-order valence-electron chi connectivity index (χ1n) is 6.17. The average molecular weight is 251 g/mol. The lowest BCUT2D eigenvalue weighted by atomic mass is 10.1. The summed E-state index contributed by atoms with van der Waals surface area (Å²) in [7, 11) is 0. The highest BCUT2D eigenvalue weighted by atomic mass is 16.2. The van der Waals surface area contributed by atoms with Crippen molar-refractivity contribution in [3.8, 4) is 0 Å². The number of aromatic amines is 2. The van der Waals surface area contributed by atoms with Gasteiger partial charge >= 0.3 is 5.69 Å². The molecule has 3 N–H and O–H groups in total. The lowest BCUT2D eigenvalue weighted by Gasteiger charge is -2.12. The average Bonchev–Trinajstić information content (AvgIpc) is 2.76. The normalized spacial score (nSPS) is 15.8. The SMILES string of the molecule is Cc1[nH]c(=O)[nH]c(=O)c1CC(=O)NC1CCCC1. The van der Waals surface area contributed by atoms with Crippen LogP contribution in [0.5, 0.6) is 0 Å². The van der Waals surface area contributed by atoms with Crippen LogP contribution in [0.4, 0.5) is 0 Å². The molecule has 0 aliphatic heterocycles. The molecule has 1 fully saturated rings. The number of hydrogen-bond acceptors (Lipinski definition) is 3. The lowest BCUT2D eigenvalue weighted by Crippen LogP contribution is -2.36. The van der Waals surface area contributed by atoms with E-state index < -0.39 is 11.2 Å². The number of aryl methyl sites for hydroxylation is 1. The van der Waals surface area contributed by atoms with E-state index in [1.165, 1.54) is 0 Å². The summed E-state index contributed by atoms with van der Waals surface area (Å²) in [5.74, 6) is -0.164. The second-order valence-corrected chi connectivity index (χ2v) is 4.74. The van der Waals surface area contributed by atoms with Gasteiger partial charge in [0, 0.05) is 17.3 Å². The number of hydrogen-bond donors (Lipinski definition) is 3. The predicted octanol–water partition coefficient (Wildman–Crippen LogP) is -0.0271. The van der Waals surface area contributed by atoms with Gasteiger partial charge in [-0.15, -0.1) is 0 Å². The molecule has 18 heavy (non-hydrogen) atoms. The van der Waals surface area contributed by atoms with Gasteiger partial charge in [-0.05, 0) is 19.8 Å². The maximum Gasteiger partial charge on any atom is 0.325 e. The summed E-state index contributed by atoms with van der Waals surface area (Å²) in [4.78, 5) is 39.0. The Morgan fingerprint density at radius 3 is 2.56 bits per heavy atom. The third kappa shape index (κ3) is 2.88. The maximum atomic E-state index is 11.8. The Morgan fingerprint density at radius 2 is 1.94 bits per heavy atom. The molecule has 0 radical (unpaired) electrons. The Morgan fingerprint density at radius 1 is 1.28 bits per heavy atom. The zero-order valence-corrected chi connectivity index (χ0v) is 10.3. The number of amides is 1. The zero-order chi connectivity index (χ0) is 13.1. The molecule has 2 rings (SSSR count). The van der Waals surface area contributed by atoms with Crippen LogP contribution in [0.1, 0.15) is 36.9 Å². The van der Waals surface area contributed by atoms with Crippen LogP contribution in [0.25, 0.3) is 0 Å². The number of carbonyl (C=O) groups excluding carboxylic acids is 1. The van der Waals surface area contributed by atoms with Gasteiger partial charge in [0.1, 0.15) is 0 Å². The fourth-order valence-corrected chi connectivity index (χ4v) is 2.35. The van der Waals surface area contributed by atoms with Crippen LogP contribution in [0.15, 0.2) is 9.59 Å². The minimum absolute atomic E-state index is 0.00838. The number of H-pyrrole nitrogens is 2. The Kier molecular flexibility index (Phi) is 3.64. The van der Waals surface area contributed by atoms with E-state index in [9.17, 15) is 14.4 Å². The van der Waals surface area contributed by atoms with Crippen molar-refractivity contribution in [1.82, 2.24) is 15.3 Å². The van der Waals surface area contributed by atoms with Gasteiger partial charge in [0.05, 0.1) is 6.42 Å². The molecule has 1 aromatic heterocycles. The van der Waals surface area contributed by atoms with Crippen molar-refractivity contribution in [3.05, 3.63) is 32.1 Å². The molecule has 1 saturated carbocycles. The van der Waals surface area contributed by atoms with Crippen molar-refractivity contribution in [2.45, 2.75) is 45.1 Å². The van der Waals surface area contributed by atoms with Crippen LogP contribution in [-0.4, -0.2) is 21.9 Å². The summed E-state index contributed by atoms with van der Waals surface area (Å²) in [6, 6.07) is 0.236. The molecule has 0 spiro atoms. The quantitative estimate of drug-likeness (QED) is 0.704. The second kappa shape index (κ2) is 5.20. The molecule has 6 nitrogen and oxygen atoms in total. The highest BCUT2D eigenvalue weighted by molar-refractivity contribution is 5.79. The number of rotatable bonds is 3. The van der Waals surface area contributed by atoms with Gasteiger partial charge < -0.3 is 10.3 Å². The minimum atomic E-state index is -0.544. The second-order valence-electron chi connectivity index (χ2n) is 4.74. The van der Waals surface area contributed by atoms with Crippen LogP contribution in [0.3, 0.4) is 0 Å². The molecule has 1 aliphatic carbocycles. The smallest absolute Gasteiger partial charge is 0.325 e. The molecule has 0 atom stereocenters. The van der Waals surface area contributed by atoms with Crippen LogP contribution in [0, 0.1) is 6.92 Å². The third-order valence-corrected chi connectivity index (χ3v) is 3.31. The van der Waals surface area contributed by atoms with Crippen LogP contribution in [-0.2, 0) is 11.2 Å². The van der Waals surface area contributed by atoms with Gasteiger partial charge in [0.25, 0.3) is 5.56 Å². The Balaban J connectivity index is 2.07. The van der Waals surface area contributed by atoms with E-state index in [2.05, 4.69) is 15.3 Å². The number of carbonyl (C=O) groups is 1. The Hall–Kier alpha value is -1.85. The molecule has 1 aromatic rings. The van der Waals surface area contributed by atoms with E-state index in [0.717, 1.165) is 25.7 Å². The zero-order valence-electron chi connectivity index (χ0n) is 10.3. The molecule has 6 heteroatoms. The van der Waals surface area contributed by atoms with Gasteiger partial charge in [0.2, 0.25) is 5.91 Å². The molecule has 98 valence electrons. The van der Waals surface area contributed by atoms with E-state index in [-0.39, 0.29) is 18.4 Å². The summed E-state index contributed by atoms with van der Waals surface area (Å²) < 4.78 is 0. The van der Waals surface area contributed by atoms with Crippen molar-refractivity contribution in [1.29, 1.82) is 0 Å². The van der Waals surface area contributed by atoms with Gasteiger partial charge in [-0.2, -0.15) is 0 Å². The molecule has 1 aliphatic rings. The summed E-state index contributed by atoms with van der Waals surface area (Å²) >= 11 is 0. The van der Waals surface area contributed by atoms with Crippen molar-refractivity contribution in [2.75, 3.05) is 0 Å². The van der Waals surface area contributed by atoms with E-state index in [1.54, 1.807) is 6.92 Å². The summed E-state index contributed by atoms with van der Waals surface area (Å²) in [6.07, 6.45) is 4.31. The molecule has 1 heterocycles. The van der Waals surface area contributed by atoms with Crippen LogP contribution < -0.4 is 16.6 Å². The lowest BCUT2D eigenvalue weighted by molar-refractivity contribution is -0.121. The first kappa shape index (κ1) is 12.6. The molecule has 0 bridgehead atoms. The molecule has 0 unspecified atom stereocenters. The van der Waals surface area contributed by atoms with Gasteiger partial charge in [-0.3, -0.25) is 14.6 Å². The first-order chi connectivity index (χ1) is 8.56. The van der Waals surface area contributed by atoms with E-state index in [4.69, 9.17) is 0 Å². The topological polar surface area (TPSA) is 94.8 Å². The van der Waals surface area contributed by atoms with Crippen molar-refractivity contribution >= 4 is 5.91 Å². The minimum Gasteiger partial charge on any atom is -0.353 e. The Labute approximate surface area is 104 Å². The fourth-order valence-electron chi connectivity index (χ4n) is 2.35. The predicted molar refractivity (Wildman–Crippen MR) is 66.5 cm³/mol. The van der Waals surface area contributed by atoms with E-state index >= 15 is 0 Å². The van der Waals surface area contributed by atoms with E-state index in [1.807, 2.05) is 0 Å². The summed E-state index contributed by atoms with van der Waals surface area (Å²) in [5.41, 5.74) is -0.259. The maximum absolute atomic E-state index is 11.8. The standard InChI is InChI=1S/C12H17N3O3/c1-7-9(11(17)15-12(18)13-7)6-10(16)14-8-4-2-3-5-8/h8H,2-6H2,1H3,(H,14,16)(H2,13,15,17,18). The van der Waals surface area contributed by atoms with E-state index in [0.29, 0.717) is 11.3 Å². The van der Waals surface area contributed by atoms with Gasteiger partial charge in [-0.1, -0.05) is 12.8 Å². The molecule has 0 aromatic carbocycles. The van der Waals surface area contributed by atoms with Crippen LogP contribution >= 0.6 is 0 Å². The van der Waals surface area contributed by atoms with Crippen molar-refractivity contribution in [3.63, 3.8) is 0 Å². The monoisotopic (exact) mass is 251 g/mol. The summed E-state index contributed by atoms with van der Waals surface area (Å²) in [6.45, 7) is 1.62. The molecular formula is C12H17N3O3. The largest absolute Gasteiger partial charge is 0.353 e.